The van der Waals surface area contributed by atoms with Gasteiger partial charge in [0.25, 0.3) is 0 Å². The Kier molecular flexibility index (Phi) is 5.92. The molecule has 1 aromatic carbocycles. The predicted octanol–water partition coefficient (Wildman–Crippen LogP) is 3.43. The highest BCUT2D eigenvalue weighted by Crippen LogP contribution is 2.39. The summed E-state index contributed by atoms with van der Waals surface area (Å²) in [5, 5.41) is 0. The minimum atomic E-state index is -0.655. The van der Waals surface area contributed by atoms with Crippen LogP contribution in [0.4, 0.5) is 0 Å². The van der Waals surface area contributed by atoms with Crippen LogP contribution in [0.25, 0.3) is 0 Å². The molecule has 0 saturated carbocycles. The fourth-order valence-corrected chi connectivity index (χ4v) is 3.06. The first kappa shape index (κ1) is 18.5. The van der Waals surface area contributed by atoms with Gasteiger partial charge in [0.05, 0.1) is 19.8 Å². The minimum Gasteiger partial charge on any atom is -0.375 e. The van der Waals surface area contributed by atoms with E-state index in [0.717, 1.165) is 5.56 Å². The van der Waals surface area contributed by atoms with Gasteiger partial charge in [0.1, 0.15) is 18.3 Å². The van der Waals surface area contributed by atoms with Gasteiger partial charge in [0.15, 0.2) is 12.1 Å². The SMILES string of the molecule is CC(C)=CCOC[C@H]1O[C@@H]2OC(C)(C)O[C@@H]2[C@H]1OCc1ccccc1. The quantitative estimate of drug-likeness (QED) is 0.558. The van der Waals surface area contributed by atoms with Gasteiger partial charge in [-0.1, -0.05) is 42.0 Å². The molecule has 3 rings (SSSR count). The first-order valence-corrected chi connectivity index (χ1v) is 8.82. The zero-order chi connectivity index (χ0) is 17.9. The van der Waals surface area contributed by atoms with Crippen molar-refractivity contribution >= 4 is 0 Å². The molecule has 0 radical (unpaired) electrons. The smallest absolute Gasteiger partial charge is 0.190 e. The lowest BCUT2D eigenvalue weighted by atomic mass is 10.1. The van der Waals surface area contributed by atoms with Crippen LogP contribution in [0, 0.1) is 0 Å². The Morgan fingerprint density at radius 3 is 2.64 bits per heavy atom. The van der Waals surface area contributed by atoms with E-state index in [9.17, 15) is 0 Å². The molecule has 2 heterocycles. The normalized spacial score (nSPS) is 30.2. The fraction of sp³-hybridized carbons (Fsp3) is 0.600. The highest BCUT2D eigenvalue weighted by atomic mass is 16.8. The van der Waals surface area contributed by atoms with E-state index in [0.29, 0.717) is 19.8 Å². The molecule has 25 heavy (non-hydrogen) atoms. The summed E-state index contributed by atoms with van der Waals surface area (Å²) < 4.78 is 29.8. The highest BCUT2D eigenvalue weighted by Gasteiger charge is 2.55. The number of allylic oxidation sites excluding steroid dienone is 1. The number of hydrogen-bond acceptors (Lipinski definition) is 5. The van der Waals surface area contributed by atoms with Crippen LogP contribution in [0.3, 0.4) is 0 Å². The second kappa shape index (κ2) is 7.98. The lowest BCUT2D eigenvalue weighted by Gasteiger charge is -2.26. The maximum atomic E-state index is 6.16. The zero-order valence-electron chi connectivity index (χ0n) is 15.4. The van der Waals surface area contributed by atoms with Crippen LogP contribution < -0.4 is 0 Å². The summed E-state index contributed by atoms with van der Waals surface area (Å²) in [5.41, 5.74) is 2.35. The molecule has 0 aliphatic carbocycles. The van der Waals surface area contributed by atoms with Crippen molar-refractivity contribution in [3.63, 3.8) is 0 Å². The van der Waals surface area contributed by atoms with E-state index in [1.54, 1.807) is 0 Å². The van der Waals surface area contributed by atoms with Crippen molar-refractivity contribution in [2.45, 2.75) is 64.7 Å². The number of benzene rings is 1. The third kappa shape index (κ3) is 4.90. The van der Waals surface area contributed by atoms with E-state index >= 15 is 0 Å². The molecule has 138 valence electrons. The Balaban J connectivity index is 1.61. The maximum absolute atomic E-state index is 6.16. The van der Waals surface area contributed by atoms with Gasteiger partial charge in [-0.3, -0.25) is 0 Å². The number of ether oxygens (including phenoxy) is 5. The summed E-state index contributed by atoms with van der Waals surface area (Å²) in [7, 11) is 0. The average Bonchev–Trinajstić information content (AvgIpc) is 3.02. The Morgan fingerprint density at radius 1 is 1.16 bits per heavy atom. The van der Waals surface area contributed by atoms with Crippen molar-refractivity contribution in [1.29, 1.82) is 0 Å². The summed E-state index contributed by atoms with van der Waals surface area (Å²) in [6.07, 6.45) is 0.966. The fourth-order valence-electron chi connectivity index (χ4n) is 3.06. The Bertz CT molecular complexity index is 579. The van der Waals surface area contributed by atoms with Gasteiger partial charge >= 0.3 is 0 Å². The standard InChI is InChI=1S/C20H28O5/c1-14(2)10-11-21-13-16-17(22-12-15-8-6-5-7-9-15)18-19(23-16)25-20(3,4)24-18/h5-10,16-19H,11-13H2,1-4H3/t16-,17+,18-,19-/m1/s1. The molecule has 2 aliphatic heterocycles. The monoisotopic (exact) mass is 348 g/mol. The number of fused-ring (bicyclic) bond motifs is 1. The van der Waals surface area contributed by atoms with E-state index in [2.05, 4.69) is 13.8 Å². The Morgan fingerprint density at radius 2 is 1.92 bits per heavy atom. The maximum Gasteiger partial charge on any atom is 0.190 e. The summed E-state index contributed by atoms with van der Waals surface area (Å²) in [5.74, 6) is -0.655. The molecule has 0 amide bonds. The molecule has 0 bridgehead atoms. The van der Waals surface area contributed by atoms with Crippen molar-refractivity contribution in [2.24, 2.45) is 0 Å². The van der Waals surface area contributed by atoms with E-state index in [-0.39, 0.29) is 18.3 Å². The van der Waals surface area contributed by atoms with Crippen LogP contribution in [-0.2, 0) is 30.3 Å². The molecule has 2 saturated heterocycles. The van der Waals surface area contributed by atoms with Crippen molar-refractivity contribution in [3.8, 4) is 0 Å². The van der Waals surface area contributed by atoms with Gasteiger partial charge in [-0.25, -0.2) is 0 Å². The van der Waals surface area contributed by atoms with Gasteiger partial charge in [0.2, 0.25) is 0 Å². The van der Waals surface area contributed by atoms with Crippen molar-refractivity contribution in [1.82, 2.24) is 0 Å². The molecule has 5 heteroatoms. The zero-order valence-corrected chi connectivity index (χ0v) is 15.4. The molecule has 2 aliphatic rings. The van der Waals surface area contributed by atoms with Crippen LogP contribution in [0.2, 0.25) is 0 Å². The predicted molar refractivity (Wildman–Crippen MR) is 94.0 cm³/mol. The largest absolute Gasteiger partial charge is 0.375 e. The third-order valence-electron chi connectivity index (χ3n) is 4.26. The molecule has 0 N–H and O–H groups in total. The van der Waals surface area contributed by atoms with Crippen molar-refractivity contribution < 1.29 is 23.7 Å². The summed E-state index contributed by atoms with van der Waals surface area (Å²) in [6.45, 7) is 9.41. The molecule has 1 aromatic rings. The summed E-state index contributed by atoms with van der Waals surface area (Å²) in [6, 6.07) is 10.1. The molecule has 5 nitrogen and oxygen atoms in total. The van der Waals surface area contributed by atoms with Gasteiger partial charge in [-0.15, -0.1) is 0 Å². The van der Waals surface area contributed by atoms with Crippen LogP contribution >= 0.6 is 0 Å². The van der Waals surface area contributed by atoms with Crippen molar-refractivity contribution in [3.05, 3.63) is 47.5 Å². The average molecular weight is 348 g/mol. The van der Waals surface area contributed by atoms with Crippen molar-refractivity contribution in [2.75, 3.05) is 13.2 Å². The highest BCUT2D eigenvalue weighted by molar-refractivity contribution is 5.13. The number of hydrogen-bond donors (Lipinski definition) is 0. The Hall–Kier alpha value is -1.24. The van der Waals surface area contributed by atoms with Gasteiger partial charge in [0, 0.05) is 0 Å². The van der Waals surface area contributed by atoms with Gasteiger partial charge in [-0.05, 0) is 33.3 Å². The molecule has 4 atom stereocenters. The third-order valence-corrected chi connectivity index (χ3v) is 4.26. The van der Waals surface area contributed by atoms with E-state index in [1.807, 2.05) is 50.3 Å². The van der Waals surface area contributed by atoms with Crippen LogP contribution in [0.15, 0.2) is 42.0 Å². The topological polar surface area (TPSA) is 46.2 Å². The Labute approximate surface area is 149 Å². The first-order valence-electron chi connectivity index (χ1n) is 8.82. The minimum absolute atomic E-state index is 0.208. The van der Waals surface area contributed by atoms with E-state index in [4.69, 9.17) is 23.7 Å². The molecule has 0 unspecified atom stereocenters. The molecule has 0 aromatic heterocycles. The van der Waals surface area contributed by atoms with Gasteiger partial charge in [-0.2, -0.15) is 0 Å². The first-order chi connectivity index (χ1) is 11.9. The molecular formula is C20H28O5. The summed E-state index contributed by atoms with van der Waals surface area (Å²) in [4.78, 5) is 0. The second-order valence-corrected chi connectivity index (χ2v) is 7.22. The summed E-state index contributed by atoms with van der Waals surface area (Å²) >= 11 is 0. The molecular weight excluding hydrogens is 320 g/mol. The van der Waals surface area contributed by atoms with Crippen LogP contribution in [0.5, 0.6) is 0 Å². The van der Waals surface area contributed by atoms with E-state index in [1.165, 1.54) is 5.57 Å². The van der Waals surface area contributed by atoms with E-state index < -0.39 is 12.1 Å². The van der Waals surface area contributed by atoms with Crippen LogP contribution in [0.1, 0.15) is 33.3 Å². The number of rotatable bonds is 7. The van der Waals surface area contributed by atoms with Gasteiger partial charge < -0.3 is 23.7 Å². The lowest BCUT2D eigenvalue weighted by molar-refractivity contribution is -0.224. The molecule has 0 spiro atoms. The molecule has 2 fully saturated rings. The lowest BCUT2D eigenvalue weighted by Crippen LogP contribution is -2.39. The second-order valence-electron chi connectivity index (χ2n) is 7.22. The van der Waals surface area contributed by atoms with Crippen LogP contribution in [-0.4, -0.2) is 43.6 Å².